The van der Waals surface area contributed by atoms with Gasteiger partial charge in [-0.15, -0.1) is 0 Å². The largest absolute Gasteiger partial charge is 0.323 e. The molecule has 3 rings (SSSR count). The van der Waals surface area contributed by atoms with Gasteiger partial charge in [0, 0.05) is 24.5 Å². The highest BCUT2D eigenvalue weighted by Crippen LogP contribution is 2.25. The van der Waals surface area contributed by atoms with Gasteiger partial charge in [-0.1, -0.05) is 29.3 Å². The van der Waals surface area contributed by atoms with Gasteiger partial charge in [0.05, 0.1) is 10.0 Å². The molecule has 120 valence electrons. The number of hydrogen-bond donors (Lipinski definition) is 2. The molecule has 1 aliphatic heterocycles. The second kappa shape index (κ2) is 6.79. The lowest BCUT2D eigenvalue weighted by molar-refractivity contribution is 0.262. The Labute approximate surface area is 145 Å². The Hall–Kier alpha value is -1.75. The lowest BCUT2D eigenvalue weighted by Crippen LogP contribution is -2.26. The molecule has 2 aromatic rings. The summed E-state index contributed by atoms with van der Waals surface area (Å²) in [5.74, 6) is 0. The Kier molecular flexibility index (Phi) is 4.76. The topological polar surface area (TPSA) is 44.4 Å². The molecule has 2 N–H and O–H groups in total. The molecule has 2 amide bonds. The van der Waals surface area contributed by atoms with Crippen LogP contribution in [-0.2, 0) is 13.0 Å². The number of nitrogens with zero attached hydrogens (tertiary/aromatic N) is 1. The standard InChI is InChI=1S/C17H17Cl2N3O/c1-22-7-6-11-2-3-13(8-12(11)10-22)20-17(23)21-14-4-5-15(18)16(19)9-14/h2-5,8-9H,6-7,10H2,1H3,(H2,20,21,23). The zero-order valence-electron chi connectivity index (χ0n) is 12.7. The van der Waals surface area contributed by atoms with Gasteiger partial charge in [0.2, 0.25) is 0 Å². The van der Waals surface area contributed by atoms with Crippen molar-refractivity contribution in [2.75, 3.05) is 24.2 Å². The summed E-state index contributed by atoms with van der Waals surface area (Å²) in [6.45, 7) is 1.97. The molecule has 1 aliphatic rings. The SMILES string of the molecule is CN1CCc2ccc(NC(=O)Nc3ccc(Cl)c(Cl)c3)cc2C1. The Morgan fingerprint density at radius 3 is 2.43 bits per heavy atom. The molecule has 0 spiro atoms. The Morgan fingerprint density at radius 2 is 1.70 bits per heavy atom. The zero-order valence-corrected chi connectivity index (χ0v) is 14.2. The number of nitrogens with one attached hydrogen (secondary N) is 2. The van der Waals surface area contributed by atoms with E-state index in [9.17, 15) is 4.79 Å². The van der Waals surface area contributed by atoms with Gasteiger partial charge < -0.3 is 15.5 Å². The first-order valence-electron chi connectivity index (χ1n) is 7.34. The van der Waals surface area contributed by atoms with Crippen molar-refractivity contribution in [3.05, 3.63) is 57.6 Å². The molecule has 0 aromatic heterocycles. The normalized spacial score (nSPS) is 14.2. The molecule has 0 bridgehead atoms. The van der Waals surface area contributed by atoms with E-state index in [1.165, 1.54) is 11.1 Å². The van der Waals surface area contributed by atoms with Crippen LogP contribution in [0.15, 0.2) is 36.4 Å². The van der Waals surface area contributed by atoms with Crippen LogP contribution in [0.1, 0.15) is 11.1 Å². The number of benzene rings is 2. The van der Waals surface area contributed by atoms with Gasteiger partial charge in [-0.3, -0.25) is 0 Å². The fraction of sp³-hybridized carbons (Fsp3) is 0.235. The average Bonchev–Trinajstić information content (AvgIpc) is 2.50. The molecule has 0 atom stereocenters. The van der Waals surface area contributed by atoms with Crippen molar-refractivity contribution in [1.82, 2.24) is 4.90 Å². The third kappa shape index (κ3) is 3.96. The minimum absolute atomic E-state index is 0.312. The van der Waals surface area contributed by atoms with Gasteiger partial charge in [0.15, 0.2) is 0 Å². The van der Waals surface area contributed by atoms with Gasteiger partial charge in [0.1, 0.15) is 0 Å². The highest BCUT2D eigenvalue weighted by Gasteiger charge is 2.14. The number of carbonyl (C=O) groups excluding carboxylic acids is 1. The smallest absolute Gasteiger partial charge is 0.308 e. The number of rotatable bonds is 2. The van der Waals surface area contributed by atoms with E-state index in [0.717, 1.165) is 25.2 Å². The summed E-state index contributed by atoms with van der Waals surface area (Å²) in [6, 6.07) is 10.7. The third-order valence-corrected chi connectivity index (χ3v) is 4.58. The summed E-state index contributed by atoms with van der Waals surface area (Å²) in [5, 5.41) is 6.45. The fourth-order valence-electron chi connectivity index (χ4n) is 2.64. The van der Waals surface area contributed by atoms with Gasteiger partial charge in [-0.2, -0.15) is 0 Å². The number of fused-ring (bicyclic) bond motifs is 1. The number of urea groups is 1. The minimum atomic E-state index is -0.312. The number of carbonyl (C=O) groups is 1. The van der Waals surface area contributed by atoms with Gasteiger partial charge in [0.25, 0.3) is 0 Å². The van der Waals surface area contributed by atoms with Crippen molar-refractivity contribution < 1.29 is 4.79 Å². The van der Waals surface area contributed by atoms with E-state index in [1.54, 1.807) is 18.2 Å². The second-order valence-corrected chi connectivity index (χ2v) is 6.49. The molecule has 0 radical (unpaired) electrons. The molecular weight excluding hydrogens is 333 g/mol. The number of likely N-dealkylation sites (N-methyl/N-ethyl adjacent to an activating group) is 1. The monoisotopic (exact) mass is 349 g/mol. The molecule has 23 heavy (non-hydrogen) atoms. The quantitative estimate of drug-likeness (QED) is 0.830. The van der Waals surface area contributed by atoms with Crippen LogP contribution in [0.2, 0.25) is 10.0 Å². The van der Waals surface area contributed by atoms with Crippen LogP contribution in [-0.4, -0.2) is 24.5 Å². The number of hydrogen-bond acceptors (Lipinski definition) is 2. The lowest BCUT2D eigenvalue weighted by Gasteiger charge is -2.25. The van der Waals surface area contributed by atoms with Crippen LogP contribution in [0.25, 0.3) is 0 Å². The van der Waals surface area contributed by atoms with Crippen LogP contribution < -0.4 is 10.6 Å². The molecule has 1 heterocycles. The minimum Gasteiger partial charge on any atom is -0.308 e. The maximum atomic E-state index is 12.1. The van der Waals surface area contributed by atoms with E-state index in [0.29, 0.717) is 15.7 Å². The van der Waals surface area contributed by atoms with E-state index in [-0.39, 0.29) is 6.03 Å². The van der Waals surface area contributed by atoms with Crippen molar-refractivity contribution >= 4 is 40.6 Å². The maximum Gasteiger partial charge on any atom is 0.323 e. The van der Waals surface area contributed by atoms with Crippen LogP contribution >= 0.6 is 23.2 Å². The summed E-state index contributed by atoms with van der Waals surface area (Å²) in [5.41, 5.74) is 3.97. The number of halogens is 2. The number of anilines is 2. The van der Waals surface area contributed by atoms with Crippen LogP contribution in [0.5, 0.6) is 0 Å². The second-order valence-electron chi connectivity index (χ2n) is 5.68. The summed E-state index contributed by atoms with van der Waals surface area (Å²) in [7, 11) is 2.10. The van der Waals surface area contributed by atoms with Crippen molar-refractivity contribution in [2.45, 2.75) is 13.0 Å². The molecule has 0 aliphatic carbocycles. The Balaban J connectivity index is 1.68. The van der Waals surface area contributed by atoms with Crippen LogP contribution in [0.3, 0.4) is 0 Å². The molecule has 0 saturated heterocycles. The van der Waals surface area contributed by atoms with Crippen molar-refractivity contribution in [1.29, 1.82) is 0 Å². The summed E-state index contributed by atoms with van der Waals surface area (Å²) in [6.07, 6.45) is 1.04. The molecule has 2 aromatic carbocycles. The maximum absolute atomic E-state index is 12.1. The molecule has 0 unspecified atom stereocenters. The summed E-state index contributed by atoms with van der Waals surface area (Å²) >= 11 is 11.8. The average molecular weight is 350 g/mol. The predicted octanol–water partition coefficient (Wildman–Crippen LogP) is 4.63. The van der Waals surface area contributed by atoms with Crippen LogP contribution in [0.4, 0.5) is 16.2 Å². The lowest BCUT2D eigenvalue weighted by atomic mass is 9.99. The Morgan fingerprint density at radius 1 is 1.00 bits per heavy atom. The first-order chi connectivity index (χ1) is 11.0. The molecule has 0 fully saturated rings. The summed E-state index contributed by atoms with van der Waals surface area (Å²) in [4.78, 5) is 14.4. The van der Waals surface area contributed by atoms with E-state index < -0.39 is 0 Å². The van der Waals surface area contributed by atoms with Crippen molar-refractivity contribution in [2.24, 2.45) is 0 Å². The number of amides is 2. The van der Waals surface area contributed by atoms with E-state index in [4.69, 9.17) is 23.2 Å². The van der Waals surface area contributed by atoms with Crippen LogP contribution in [0, 0.1) is 0 Å². The Bertz CT molecular complexity index is 749. The first-order valence-corrected chi connectivity index (χ1v) is 8.10. The van der Waals surface area contributed by atoms with Gasteiger partial charge >= 0.3 is 6.03 Å². The summed E-state index contributed by atoms with van der Waals surface area (Å²) < 4.78 is 0. The van der Waals surface area contributed by atoms with Gasteiger partial charge in [-0.05, 0) is 54.9 Å². The van der Waals surface area contributed by atoms with E-state index >= 15 is 0 Å². The molecule has 0 saturated carbocycles. The van der Waals surface area contributed by atoms with E-state index in [2.05, 4.69) is 28.6 Å². The highest BCUT2D eigenvalue weighted by molar-refractivity contribution is 6.42. The first kappa shape index (κ1) is 16.1. The highest BCUT2D eigenvalue weighted by atomic mass is 35.5. The van der Waals surface area contributed by atoms with E-state index in [1.807, 2.05) is 12.1 Å². The van der Waals surface area contributed by atoms with Crippen molar-refractivity contribution in [3.63, 3.8) is 0 Å². The predicted molar refractivity (Wildman–Crippen MR) is 95.6 cm³/mol. The van der Waals surface area contributed by atoms with Gasteiger partial charge in [-0.25, -0.2) is 4.79 Å². The molecule has 6 heteroatoms. The molecule has 4 nitrogen and oxygen atoms in total. The zero-order chi connectivity index (χ0) is 16.4. The van der Waals surface area contributed by atoms with Crippen molar-refractivity contribution in [3.8, 4) is 0 Å². The molecular formula is C17H17Cl2N3O. The fourth-order valence-corrected chi connectivity index (χ4v) is 2.94. The third-order valence-electron chi connectivity index (χ3n) is 3.84.